The van der Waals surface area contributed by atoms with Crippen LogP contribution in [0.25, 0.3) is 0 Å². The van der Waals surface area contributed by atoms with E-state index in [1.54, 1.807) is 18.9 Å². The van der Waals surface area contributed by atoms with Crippen LogP contribution in [0.15, 0.2) is 29.5 Å². The Morgan fingerprint density at radius 2 is 2.04 bits per heavy atom. The highest BCUT2D eigenvalue weighted by Gasteiger charge is 2.06. The maximum absolute atomic E-state index is 5.40. The van der Waals surface area contributed by atoms with E-state index in [2.05, 4.69) is 25.7 Å². The van der Waals surface area contributed by atoms with Gasteiger partial charge in [-0.3, -0.25) is 4.68 Å². The Labute approximate surface area is 165 Å². The molecule has 0 saturated heterocycles. The predicted molar refractivity (Wildman–Crippen MR) is 108 cm³/mol. The molecule has 0 aliphatic rings. The second kappa shape index (κ2) is 10.7. The normalized spacial score (nSPS) is 10.8. The molecule has 138 valence electrons. The summed E-state index contributed by atoms with van der Waals surface area (Å²) in [7, 11) is 5.13. The van der Waals surface area contributed by atoms with Crippen LogP contribution in [0.1, 0.15) is 18.3 Å². The molecule has 8 nitrogen and oxygen atoms in total. The van der Waals surface area contributed by atoms with E-state index in [0.717, 1.165) is 29.4 Å². The molecule has 2 rings (SSSR count). The minimum absolute atomic E-state index is 0. The number of aromatic nitrogens is 3. The number of aliphatic imine (C=N–C) groups is 1. The fourth-order valence-corrected chi connectivity index (χ4v) is 2.13. The molecule has 0 radical (unpaired) electrons. The summed E-state index contributed by atoms with van der Waals surface area (Å²) in [6.07, 6.45) is 1.53. The number of nitrogens with one attached hydrogen (secondary N) is 2. The third-order valence-electron chi connectivity index (χ3n) is 3.47. The van der Waals surface area contributed by atoms with Gasteiger partial charge in [-0.2, -0.15) is 5.10 Å². The molecule has 0 atom stereocenters. The van der Waals surface area contributed by atoms with Crippen LogP contribution in [0, 0.1) is 0 Å². The highest BCUT2D eigenvalue weighted by Crippen LogP contribution is 2.25. The second-order valence-corrected chi connectivity index (χ2v) is 5.03. The molecule has 9 heteroatoms. The molecule has 2 N–H and O–H groups in total. The van der Waals surface area contributed by atoms with Gasteiger partial charge in [0.1, 0.15) is 23.7 Å². The molecule has 0 amide bonds. The Morgan fingerprint density at radius 3 is 2.64 bits per heavy atom. The maximum atomic E-state index is 5.40. The highest BCUT2D eigenvalue weighted by atomic mass is 127. The lowest BCUT2D eigenvalue weighted by Gasteiger charge is -2.12. The largest absolute Gasteiger partial charge is 0.497 e. The van der Waals surface area contributed by atoms with Gasteiger partial charge in [-0.1, -0.05) is 0 Å². The number of aryl methyl sites for hydroxylation is 1. The quantitative estimate of drug-likeness (QED) is 0.372. The fourth-order valence-electron chi connectivity index (χ4n) is 2.13. The molecule has 0 aliphatic heterocycles. The lowest BCUT2D eigenvalue weighted by molar-refractivity contribution is 0.391. The van der Waals surface area contributed by atoms with Crippen molar-refractivity contribution in [2.24, 2.45) is 12.0 Å². The van der Waals surface area contributed by atoms with Crippen LogP contribution in [0.3, 0.4) is 0 Å². The summed E-state index contributed by atoms with van der Waals surface area (Å²) in [6, 6.07) is 5.70. The number of rotatable bonds is 7. The summed E-state index contributed by atoms with van der Waals surface area (Å²) < 4.78 is 12.3. The first kappa shape index (κ1) is 21.0. The van der Waals surface area contributed by atoms with E-state index in [9.17, 15) is 0 Å². The average Bonchev–Trinajstić information content (AvgIpc) is 3.02. The van der Waals surface area contributed by atoms with Crippen molar-refractivity contribution in [1.82, 2.24) is 25.4 Å². The fraction of sp³-hybridized carbons (Fsp3) is 0.438. The minimum atomic E-state index is 0. The zero-order chi connectivity index (χ0) is 17.4. The summed E-state index contributed by atoms with van der Waals surface area (Å²) in [6.45, 7) is 3.82. The first-order valence-corrected chi connectivity index (χ1v) is 7.73. The van der Waals surface area contributed by atoms with Crippen molar-refractivity contribution in [2.75, 3.05) is 20.8 Å². The first-order valence-electron chi connectivity index (χ1n) is 7.73. The monoisotopic (exact) mass is 460 g/mol. The lowest BCUT2D eigenvalue weighted by Crippen LogP contribution is -2.37. The predicted octanol–water partition coefficient (Wildman–Crippen LogP) is 1.71. The standard InChI is InChI=1S/C16H24N6O2.HI/c1-5-17-16(19-10-15-20-11-21-22(15)2)18-9-12-6-7-13(23-3)8-14(12)24-4;/h6-8,11H,5,9-10H2,1-4H3,(H2,17,18,19);1H. The van der Waals surface area contributed by atoms with Gasteiger partial charge < -0.3 is 20.1 Å². The van der Waals surface area contributed by atoms with E-state index >= 15 is 0 Å². The van der Waals surface area contributed by atoms with Gasteiger partial charge in [0.25, 0.3) is 0 Å². The van der Waals surface area contributed by atoms with E-state index in [1.165, 1.54) is 6.33 Å². The van der Waals surface area contributed by atoms with Gasteiger partial charge in [0, 0.05) is 25.2 Å². The van der Waals surface area contributed by atoms with Gasteiger partial charge in [0.15, 0.2) is 5.96 Å². The number of guanidine groups is 1. The number of hydrogen-bond acceptors (Lipinski definition) is 5. The van der Waals surface area contributed by atoms with Crippen molar-refractivity contribution < 1.29 is 9.47 Å². The molecule has 2 aromatic rings. The second-order valence-electron chi connectivity index (χ2n) is 5.03. The van der Waals surface area contributed by atoms with Crippen molar-refractivity contribution in [3.63, 3.8) is 0 Å². The summed E-state index contributed by atoms with van der Waals surface area (Å²) in [5.41, 5.74) is 0.981. The topological polar surface area (TPSA) is 85.6 Å². The maximum Gasteiger partial charge on any atom is 0.191 e. The first-order chi connectivity index (χ1) is 11.7. The average molecular weight is 460 g/mol. The van der Waals surface area contributed by atoms with Gasteiger partial charge in [-0.25, -0.2) is 9.98 Å². The minimum Gasteiger partial charge on any atom is -0.497 e. The van der Waals surface area contributed by atoms with Crippen molar-refractivity contribution >= 4 is 29.9 Å². The van der Waals surface area contributed by atoms with E-state index in [-0.39, 0.29) is 24.0 Å². The van der Waals surface area contributed by atoms with E-state index in [1.807, 2.05) is 32.2 Å². The van der Waals surface area contributed by atoms with Crippen LogP contribution in [0.4, 0.5) is 0 Å². The lowest BCUT2D eigenvalue weighted by atomic mass is 10.2. The van der Waals surface area contributed by atoms with Gasteiger partial charge in [-0.15, -0.1) is 24.0 Å². The molecular formula is C16H25IN6O2. The van der Waals surface area contributed by atoms with E-state index < -0.39 is 0 Å². The summed E-state index contributed by atoms with van der Waals surface area (Å²) in [5, 5.41) is 10.5. The molecule has 0 unspecified atom stereocenters. The Bertz CT molecular complexity index is 689. The summed E-state index contributed by atoms with van der Waals surface area (Å²) in [4.78, 5) is 8.78. The van der Waals surface area contributed by atoms with Crippen LogP contribution in [0.2, 0.25) is 0 Å². The molecule has 1 heterocycles. The zero-order valence-electron chi connectivity index (χ0n) is 14.9. The van der Waals surface area contributed by atoms with Gasteiger partial charge in [0.05, 0.1) is 27.3 Å². The number of benzene rings is 1. The molecule has 0 aliphatic carbocycles. The number of ether oxygens (including phenoxy) is 2. The van der Waals surface area contributed by atoms with Gasteiger partial charge in [0.2, 0.25) is 0 Å². The molecule has 1 aromatic carbocycles. The summed E-state index contributed by atoms with van der Waals surface area (Å²) in [5.74, 6) is 3.05. The smallest absolute Gasteiger partial charge is 0.191 e. The molecule has 25 heavy (non-hydrogen) atoms. The SMILES string of the molecule is CCNC(=NCc1ccc(OC)cc1OC)NCc1ncnn1C.I. The third-order valence-corrected chi connectivity index (χ3v) is 3.47. The molecular weight excluding hydrogens is 435 g/mol. The molecule has 0 saturated carbocycles. The van der Waals surface area contributed by atoms with Gasteiger partial charge in [-0.05, 0) is 19.1 Å². The Morgan fingerprint density at radius 1 is 1.24 bits per heavy atom. The number of hydrogen-bond donors (Lipinski definition) is 2. The van der Waals surface area contributed by atoms with E-state index in [4.69, 9.17) is 9.47 Å². The van der Waals surface area contributed by atoms with Crippen LogP contribution in [-0.2, 0) is 20.1 Å². The van der Waals surface area contributed by atoms with Crippen LogP contribution in [-0.4, -0.2) is 41.5 Å². The molecule has 1 aromatic heterocycles. The van der Waals surface area contributed by atoms with Crippen LogP contribution < -0.4 is 20.1 Å². The van der Waals surface area contributed by atoms with Crippen molar-refractivity contribution in [3.8, 4) is 11.5 Å². The van der Waals surface area contributed by atoms with Crippen molar-refractivity contribution in [3.05, 3.63) is 35.9 Å². The Kier molecular flexibility index (Phi) is 9.03. The van der Waals surface area contributed by atoms with Crippen molar-refractivity contribution in [2.45, 2.75) is 20.0 Å². The summed E-state index contributed by atoms with van der Waals surface area (Å²) >= 11 is 0. The molecule has 0 fully saturated rings. The van der Waals surface area contributed by atoms with E-state index in [0.29, 0.717) is 19.0 Å². The molecule has 0 bridgehead atoms. The molecule has 0 spiro atoms. The van der Waals surface area contributed by atoms with Crippen molar-refractivity contribution in [1.29, 1.82) is 0 Å². The highest BCUT2D eigenvalue weighted by molar-refractivity contribution is 14.0. The van der Waals surface area contributed by atoms with Crippen LogP contribution >= 0.6 is 24.0 Å². The number of methoxy groups -OCH3 is 2. The Balaban J connectivity index is 0.00000312. The zero-order valence-corrected chi connectivity index (χ0v) is 17.3. The third kappa shape index (κ3) is 6.07. The Hall–Kier alpha value is -2.04. The number of nitrogens with zero attached hydrogens (tertiary/aromatic N) is 4. The van der Waals surface area contributed by atoms with Gasteiger partial charge >= 0.3 is 0 Å². The van der Waals surface area contributed by atoms with Crippen LogP contribution in [0.5, 0.6) is 11.5 Å². The number of halogens is 1.